The second-order valence-electron chi connectivity index (χ2n) is 6.60. The quantitative estimate of drug-likeness (QED) is 0.505. The first-order valence-corrected chi connectivity index (χ1v) is 9.92. The summed E-state index contributed by atoms with van der Waals surface area (Å²) in [6.45, 7) is 4.43. The topological polar surface area (TPSA) is 125 Å². The van der Waals surface area contributed by atoms with E-state index >= 15 is 0 Å². The van der Waals surface area contributed by atoms with Crippen molar-refractivity contribution >= 4 is 34.7 Å². The van der Waals surface area contributed by atoms with Crippen LogP contribution < -0.4 is 15.2 Å². The summed E-state index contributed by atoms with van der Waals surface area (Å²) in [6.07, 6.45) is 1.36. The van der Waals surface area contributed by atoms with Crippen LogP contribution in [0.5, 0.6) is 11.5 Å². The third-order valence-corrected chi connectivity index (χ3v) is 5.77. The maximum Gasteiger partial charge on any atom is 0.317 e. The Balaban J connectivity index is 1.88. The number of fused-ring (bicyclic) bond motifs is 1. The zero-order valence-electron chi connectivity index (χ0n) is 16.4. The monoisotopic (exact) mass is 417 g/mol. The molecule has 1 atom stereocenters. The first kappa shape index (κ1) is 20.7. The number of aromatic nitrogens is 4. The van der Waals surface area contributed by atoms with Gasteiger partial charge in [0.1, 0.15) is 18.2 Å². The largest absolute Gasteiger partial charge is 0.493 e. The Hall–Kier alpha value is -3.01. The molecule has 9 nitrogen and oxygen atoms in total. The lowest BCUT2D eigenvalue weighted by molar-refractivity contribution is -0.137. The van der Waals surface area contributed by atoms with E-state index < -0.39 is 11.2 Å². The molecule has 10 heteroatoms. The molecule has 2 heterocycles. The Morgan fingerprint density at radius 1 is 1.28 bits per heavy atom. The standard InChI is InChI=1S/C19H23N5O4S/c1-11(2)15(18(25)26)29-19-23-14-16(20)21-10-22-17(14)24(19)8-9-28-13-7-5-4-6-12(13)27-3/h4-7,10-11,15H,8-9H2,1-3H3,(H,25,26)(H2,20,21,22). The van der Waals surface area contributed by atoms with Crippen LogP contribution in [0.4, 0.5) is 5.82 Å². The number of hydrogen-bond donors (Lipinski definition) is 2. The van der Waals surface area contributed by atoms with Crippen LogP contribution in [0.3, 0.4) is 0 Å². The van der Waals surface area contributed by atoms with Gasteiger partial charge in [-0.05, 0) is 18.1 Å². The molecule has 2 aromatic heterocycles. The summed E-state index contributed by atoms with van der Waals surface area (Å²) in [5.74, 6) is 0.521. The molecule has 3 N–H and O–H groups in total. The van der Waals surface area contributed by atoms with Crippen molar-refractivity contribution in [1.29, 1.82) is 0 Å². The molecule has 0 bridgehead atoms. The maximum atomic E-state index is 11.7. The van der Waals surface area contributed by atoms with Gasteiger partial charge in [-0.2, -0.15) is 0 Å². The van der Waals surface area contributed by atoms with Gasteiger partial charge in [0.2, 0.25) is 0 Å². The Bertz CT molecular complexity index is 1010. The van der Waals surface area contributed by atoms with Crippen LogP contribution >= 0.6 is 11.8 Å². The van der Waals surface area contributed by atoms with Crippen molar-refractivity contribution in [2.24, 2.45) is 5.92 Å². The van der Waals surface area contributed by atoms with Gasteiger partial charge < -0.3 is 24.9 Å². The van der Waals surface area contributed by atoms with Gasteiger partial charge in [-0.3, -0.25) is 4.79 Å². The second kappa shape index (κ2) is 8.99. The van der Waals surface area contributed by atoms with Crippen LogP contribution in [0.15, 0.2) is 35.7 Å². The Kier molecular flexibility index (Phi) is 6.42. The number of nitrogen functional groups attached to an aromatic ring is 1. The second-order valence-corrected chi connectivity index (χ2v) is 7.71. The molecule has 0 saturated heterocycles. The van der Waals surface area contributed by atoms with Gasteiger partial charge in [0.15, 0.2) is 33.6 Å². The number of carbonyl (C=O) groups is 1. The molecule has 154 valence electrons. The summed E-state index contributed by atoms with van der Waals surface area (Å²) < 4.78 is 13.0. The van der Waals surface area contributed by atoms with Crippen LogP contribution in [-0.2, 0) is 11.3 Å². The molecule has 0 radical (unpaired) electrons. The maximum absolute atomic E-state index is 11.7. The number of methoxy groups -OCH3 is 1. The van der Waals surface area contributed by atoms with Crippen molar-refractivity contribution in [1.82, 2.24) is 19.5 Å². The van der Waals surface area contributed by atoms with Crippen LogP contribution in [-0.4, -0.2) is 49.6 Å². The average molecular weight is 417 g/mol. The summed E-state index contributed by atoms with van der Waals surface area (Å²) in [5.41, 5.74) is 6.93. The van der Waals surface area contributed by atoms with E-state index in [0.29, 0.717) is 41.0 Å². The molecule has 0 aliphatic heterocycles. The number of rotatable bonds is 9. The predicted molar refractivity (Wildman–Crippen MR) is 110 cm³/mol. The Labute approximate surface area is 172 Å². The molecule has 1 aromatic carbocycles. The normalized spacial score (nSPS) is 12.3. The van der Waals surface area contributed by atoms with E-state index in [-0.39, 0.29) is 11.7 Å². The minimum atomic E-state index is -0.895. The highest BCUT2D eigenvalue weighted by Gasteiger charge is 2.26. The number of para-hydroxylation sites is 2. The van der Waals surface area contributed by atoms with E-state index in [4.69, 9.17) is 15.2 Å². The fourth-order valence-corrected chi connectivity index (χ4v) is 3.84. The fourth-order valence-electron chi connectivity index (χ4n) is 2.80. The van der Waals surface area contributed by atoms with Crippen molar-refractivity contribution in [2.45, 2.75) is 30.8 Å². The lowest BCUT2D eigenvalue weighted by atomic mass is 10.1. The van der Waals surface area contributed by atoms with Gasteiger partial charge in [-0.1, -0.05) is 37.7 Å². The predicted octanol–water partition coefficient (Wildman–Crippen LogP) is 2.70. The minimum absolute atomic E-state index is 0.0842. The molecule has 0 aliphatic rings. The lowest BCUT2D eigenvalue weighted by Crippen LogP contribution is -2.23. The van der Waals surface area contributed by atoms with E-state index in [9.17, 15) is 9.90 Å². The first-order chi connectivity index (χ1) is 13.9. The van der Waals surface area contributed by atoms with Crippen molar-refractivity contribution in [3.05, 3.63) is 30.6 Å². The highest BCUT2D eigenvalue weighted by Crippen LogP contribution is 2.31. The first-order valence-electron chi connectivity index (χ1n) is 9.04. The third-order valence-electron chi connectivity index (χ3n) is 4.25. The van der Waals surface area contributed by atoms with Gasteiger partial charge in [-0.15, -0.1) is 0 Å². The van der Waals surface area contributed by atoms with Gasteiger partial charge in [-0.25, -0.2) is 15.0 Å². The van der Waals surface area contributed by atoms with E-state index in [2.05, 4.69) is 15.0 Å². The van der Waals surface area contributed by atoms with E-state index in [1.54, 1.807) is 7.11 Å². The average Bonchev–Trinajstić information content (AvgIpc) is 3.05. The van der Waals surface area contributed by atoms with Crippen LogP contribution in [0.1, 0.15) is 13.8 Å². The number of imidazole rings is 1. The highest BCUT2D eigenvalue weighted by atomic mass is 32.2. The molecule has 0 fully saturated rings. The molecular formula is C19H23N5O4S. The number of aliphatic carboxylic acids is 1. The fraction of sp³-hybridized carbons (Fsp3) is 0.368. The zero-order valence-corrected chi connectivity index (χ0v) is 17.2. The molecular weight excluding hydrogens is 394 g/mol. The zero-order chi connectivity index (χ0) is 21.0. The van der Waals surface area contributed by atoms with E-state index in [1.807, 2.05) is 42.7 Å². The van der Waals surface area contributed by atoms with E-state index in [0.717, 1.165) is 0 Å². The van der Waals surface area contributed by atoms with Crippen LogP contribution in [0, 0.1) is 5.92 Å². The number of nitrogens with two attached hydrogens (primary N) is 1. The molecule has 3 rings (SSSR count). The molecule has 0 aliphatic carbocycles. The molecule has 29 heavy (non-hydrogen) atoms. The SMILES string of the molecule is COc1ccccc1OCCn1c(SC(C(=O)O)C(C)C)nc2c(N)ncnc21. The summed E-state index contributed by atoms with van der Waals surface area (Å²) in [5, 5.41) is 9.41. The van der Waals surface area contributed by atoms with Gasteiger partial charge in [0.05, 0.1) is 13.7 Å². The smallest absolute Gasteiger partial charge is 0.317 e. The lowest BCUT2D eigenvalue weighted by Gasteiger charge is -2.16. The number of carboxylic acids is 1. The number of anilines is 1. The number of carboxylic acid groups (broad SMARTS) is 1. The highest BCUT2D eigenvalue weighted by molar-refractivity contribution is 8.00. The third kappa shape index (κ3) is 4.53. The molecule has 0 saturated carbocycles. The number of hydrogen-bond acceptors (Lipinski definition) is 8. The summed E-state index contributed by atoms with van der Waals surface area (Å²) >= 11 is 1.17. The molecule has 0 amide bonds. The van der Waals surface area contributed by atoms with Gasteiger partial charge in [0.25, 0.3) is 0 Å². The summed E-state index contributed by atoms with van der Waals surface area (Å²) in [6, 6.07) is 7.36. The summed E-state index contributed by atoms with van der Waals surface area (Å²) in [7, 11) is 1.58. The Morgan fingerprint density at radius 2 is 2.00 bits per heavy atom. The number of nitrogens with zero attached hydrogens (tertiary/aromatic N) is 4. The molecule has 3 aromatic rings. The number of ether oxygens (including phenoxy) is 2. The van der Waals surface area contributed by atoms with Crippen molar-refractivity contribution in [3.8, 4) is 11.5 Å². The number of benzene rings is 1. The van der Waals surface area contributed by atoms with E-state index in [1.165, 1.54) is 18.1 Å². The summed E-state index contributed by atoms with van der Waals surface area (Å²) in [4.78, 5) is 24.4. The molecule has 0 spiro atoms. The van der Waals surface area contributed by atoms with Crippen molar-refractivity contribution in [2.75, 3.05) is 19.5 Å². The minimum Gasteiger partial charge on any atom is -0.493 e. The van der Waals surface area contributed by atoms with Gasteiger partial charge >= 0.3 is 5.97 Å². The number of thioether (sulfide) groups is 1. The Morgan fingerprint density at radius 3 is 2.66 bits per heavy atom. The van der Waals surface area contributed by atoms with Crippen LogP contribution in [0.2, 0.25) is 0 Å². The molecule has 1 unspecified atom stereocenters. The van der Waals surface area contributed by atoms with Crippen LogP contribution in [0.25, 0.3) is 11.2 Å². The van der Waals surface area contributed by atoms with Crippen molar-refractivity contribution < 1.29 is 19.4 Å². The van der Waals surface area contributed by atoms with Gasteiger partial charge in [0, 0.05) is 0 Å². The van der Waals surface area contributed by atoms with Crippen molar-refractivity contribution in [3.63, 3.8) is 0 Å².